The Bertz CT molecular complexity index is 975. The Labute approximate surface area is 190 Å². The first-order chi connectivity index (χ1) is 15.5. The molecule has 0 radical (unpaired) electrons. The maximum atomic E-state index is 12.7. The standard InChI is InChI=1S/C21H30N4O.C2HF3O2/c1-14-11-15(2)18-13-20(24-19(18)12-14)21(26)23-16-3-5-17(6-4-16)25-9-7-22-8-10-25;3-2(4,5)1(6)7/h11-13,16-17,22,24H,3-10H2,1-2H3,(H,23,26);(H,6,7). The van der Waals surface area contributed by atoms with E-state index in [1.165, 1.54) is 24.0 Å². The van der Waals surface area contributed by atoms with Gasteiger partial charge in [0.2, 0.25) is 0 Å². The topological polar surface area (TPSA) is 97.5 Å². The number of amides is 1. The minimum atomic E-state index is -5.08. The summed E-state index contributed by atoms with van der Waals surface area (Å²) in [6, 6.07) is 7.26. The number of aliphatic carboxylic acids is 1. The molecule has 1 saturated carbocycles. The smallest absolute Gasteiger partial charge is 0.475 e. The van der Waals surface area contributed by atoms with Gasteiger partial charge in [-0.3, -0.25) is 9.69 Å². The second-order valence-electron chi connectivity index (χ2n) is 8.79. The highest BCUT2D eigenvalue weighted by Crippen LogP contribution is 2.25. The van der Waals surface area contributed by atoms with E-state index in [0.29, 0.717) is 17.8 Å². The van der Waals surface area contributed by atoms with Gasteiger partial charge in [0, 0.05) is 49.2 Å². The zero-order valence-electron chi connectivity index (χ0n) is 18.9. The van der Waals surface area contributed by atoms with Gasteiger partial charge < -0.3 is 20.7 Å². The Balaban J connectivity index is 0.000000383. The molecule has 1 saturated heterocycles. The van der Waals surface area contributed by atoms with Gasteiger partial charge in [-0.1, -0.05) is 6.07 Å². The van der Waals surface area contributed by atoms with E-state index in [1.54, 1.807) is 0 Å². The molecule has 7 nitrogen and oxygen atoms in total. The van der Waals surface area contributed by atoms with Crippen LogP contribution in [0.4, 0.5) is 13.2 Å². The zero-order valence-corrected chi connectivity index (χ0v) is 18.9. The van der Waals surface area contributed by atoms with Gasteiger partial charge >= 0.3 is 12.1 Å². The van der Waals surface area contributed by atoms with Crippen LogP contribution < -0.4 is 10.6 Å². The molecule has 1 aliphatic heterocycles. The molecule has 1 aliphatic carbocycles. The number of aromatic amines is 1. The zero-order chi connectivity index (χ0) is 24.2. The molecule has 0 bridgehead atoms. The summed E-state index contributed by atoms with van der Waals surface area (Å²) in [5.41, 5.74) is 4.16. The summed E-state index contributed by atoms with van der Waals surface area (Å²) in [6.07, 6.45) is -0.538. The van der Waals surface area contributed by atoms with Crippen LogP contribution in [0.1, 0.15) is 47.3 Å². The molecular formula is C23H31F3N4O3. The second kappa shape index (κ2) is 10.6. The average Bonchev–Trinajstić information content (AvgIpc) is 3.19. The van der Waals surface area contributed by atoms with E-state index < -0.39 is 12.1 Å². The molecule has 1 amide bonds. The number of rotatable bonds is 3. The van der Waals surface area contributed by atoms with Crippen LogP contribution in [0.25, 0.3) is 10.9 Å². The number of carboxylic acids is 1. The number of benzene rings is 1. The lowest BCUT2D eigenvalue weighted by atomic mass is 9.89. The van der Waals surface area contributed by atoms with Crippen LogP contribution in [-0.4, -0.2) is 71.3 Å². The molecule has 0 unspecified atom stereocenters. The van der Waals surface area contributed by atoms with Crippen LogP contribution in [0.2, 0.25) is 0 Å². The molecule has 4 rings (SSSR count). The second-order valence-corrected chi connectivity index (χ2v) is 8.79. The number of piperazine rings is 1. The molecule has 1 aromatic heterocycles. The lowest BCUT2D eigenvalue weighted by Gasteiger charge is -2.39. The Hall–Kier alpha value is -2.59. The van der Waals surface area contributed by atoms with Gasteiger partial charge in [0.15, 0.2) is 0 Å². The molecule has 2 heterocycles. The third-order valence-electron chi connectivity index (χ3n) is 6.28. The molecule has 0 atom stereocenters. The van der Waals surface area contributed by atoms with Crippen molar-refractivity contribution in [2.75, 3.05) is 26.2 Å². The fraction of sp³-hybridized carbons (Fsp3) is 0.565. The molecule has 0 spiro atoms. The summed E-state index contributed by atoms with van der Waals surface area (Å²) in [4.78, 5) is 27.5. The van der Waals surface area contributed by atoms with Crippen LogP contribution in [0.15, 0.2) is 18.2 Å². The van der Waals surface area contributed by atoms with Gasteiger partial charge in [0.25, 0.3) is 5.91 Å². The number of carboxylic acid groups (broad SMARTS) is 1. The number of hydrogen-bond acceptors (Lipinski definition) is 4. The molecular weight excluding hydrogens is 437 g/mol. The van der Waals surface area contributed by atoms with Crippen molar-refractivity contribution in [1.82, 2.24) is 20.5 Å². The Morgan fingerprint density at radius 2 is 1.67 bits per heavy atom. The maximum Gasteiger partial charge on any atom is 0.490 e. The highest BCUT2D eigenvalue weighted by molar-refractivity contribution is 5.99. The predicted octanol–water partition coefficient (Wildman–Crippen LogP) is 3.36. The lowest BCUT2D eigenvalue weighted by molar-refractivity contribution is -0.192. The van der Waals surface area contributed by atoms with E-state index in [2.05, 4.69) is 46.5 Å². The molecule has 33 heavy (non-hydrogen) atoms. The molecule has 4 N–H and O–H groups in total. The van der Waals surface area contributed by atoms with Gasteiger partial charge in [-0.15, -0.1) is 0 Å². The molecule has 2 fully saturated rings. The minimum absolute atomic E-state index is 0.0314. The molecule has 10 heteroatoms. The number of carbonyl (C=O) groups is 2. The largest absolute Gasteiger partial charge is 0.490 e. The van der Waals surface area contributed by atoms with Crippen molar-refractivity contribution in [3.63, 3.8) is 0 Å². The van der Waals surface area contributed by atoms with E-state index >= 15 is 0 Å². The van der Waals surface area contributed by atoms with Crippen molar-refractivity contribution < 1.29 is 27.9 Å². The van der Waals surface area contributed by atoms with E-state index in [0.717, 1.165) is 49.9 Å². The number of carbonyl (C=O) groups excluding carboxylic acids is 1. The number of aryl methyl sites for hydroxylation is 2. The summed E-state index contributed by atoms with van der Waals surface area (Å²) in [5.74, 6) is -2.73. The third kappa shape index (κ3) is 6.70. The summed E-state index contributed by atoms with van der Waals surface area (Å²) >= 11 is 0. The van der Waals surface area contributed by atoms with Crippen molar-refractivity contribution in [3.05, 3.63) is 35.0 Å². The highest BCUT2D eigenvalue weighted by Gasteiger charge is 2.38. The van der Waals surface area contributed by atoms with Crippen molar-refractivity contribution in [2.24, 2.45) is 0 Å². The number of nitrogens with one attached hydrogen (secondary N) is 3. The molecule has 1 aromatic carbocycles. The van der Waals surface area contributed by atoms with Crippen molar-refractivity contribution in [2.45, 2.75) is 57.8 Å². The van der Waals surface area contributed by atoms with Crippen LogP contribution in [0.5, 0.6) is 0 Å². The van der Waals surface area contributed by atoms with Gasteiger partial charge in [-0.25, -0.2) is 4.79 Å². The predicted molar refractivity (Wildman–Crippen MR) is 119 cm³/mol. The van der Waals surface area contributed by atoms with Crippen LogP contribution in [0, 0.1) is 13.8 Å². The summed E-state index contributed by atoms with van der Waals surface area (Å²) in [5, 5.41) is 14.9. The van der Waals surface area contributed by atoms with E-state index in [1.807, 2.05) is 6.07 Å². The Morgan fingerprint density at radius 1 is 1.06 bits per heavy atom. The third-order valence-corrected chi connectivity index (χ3v) is 6.28. The number of H-pyrrole nitrogens is 1. The lowest BCUT2D eigenvalue weighted by Crippen LogP contribution is -2.50. The van der Waals surface area contributed by atoms with Gasteiger partial charge in [-0.05, 0) is 62.8 Å². The summed E-state index contributed by atoms with van der Waals surface area (Å²) < 4.78 is 31.7. The van der Waals surface area contributed by atoms with Crippen LogP contribution >= 0.6 is 0 Å². The number of aromatic nitrogens is 1. The molecule has 182 valence electrons. The number of hydrogen-bond donors (Lipinski definition) is 4. The van der Waals surface area contributed by atoms with Crippen molar-refractivity contribution in [1.29, 1.82) is 0 Å². The van der Waals surface area contributed by atoms with Gasteiger partial charge in [-0.2, -0.15) is 13.2 Å². The first-order valence-corrected chi connectivity index (χ1v) is 11.2. The van der Waals surface area contributed by atoms with E-state index in [-0.39, 0.29) is 5.91 Å². The summed E-state index contributed by atoms with van der Waals surface area (Å²) in [7, 11) is 0. The van der Waals surface area contributed by atoms with Crippen molar-refractivity contribution in [3.8, 4) is 0 Å². The van der Waals surface area contributed by atoms with Gasteiger partial charge in [0.05, 0.1) is 0 Å². The molecule has 2 aromatic rings. The highest BCUT2D eigenvalue weighted by atomic mass is 19.4. The first-order valence-electron chi connectivity index (χ1n) is 11.2. The van der Waals surface area contributed by atoms with E-state index in [9.17, 15) is 18.0 Å². The maximum absolute atomic E-state index is 12.7. The number of fused-ring (bicyclic) bond motifs is 1. The van der Waals surface area contributed by atoms with Crippen LogP contribution in [0.3, 0.4) is 0 Å². The first kappa shape index (κ1) is 25.0. The van der Waals surface area contributed by atoms with E-state index in [4.69, 9.17) is 9.90 Å². The van der Waals surface area contributed by atoms with Gasteiger partial charge in [0.1, 0.15) is 5.69 Å². The average molecular weight is 469 g/mol. The van der Waals surface area contributed by atoms with Crippen LogP contribution in [-0.2, 0) is 4.79 Å². The normalized spacial score (nSPS) is 21.8. The monoisotopic (exact) mass is 468 g/mol. The number of nitrogens with zero attached hydrogens (tertiary/aromatic N) is 1. The summed E-state index contributed by atoms with van der Waals surface area (Å²) in [6.45, 7) is 8.73. The fourth-order valence-electron chi connectivity index (χ4n) is 4.62. The Kier molecular flexibility index (Phi) is 8.01. The quantitative estimate of drug-likeness (QED) is 0.554. The Morgan fingerprint density at radius 3 is 2.24 bits per heavy atom. The fourth-order valence-corrected chi connectivity index (χ4v) is 4.62. The van der Waals surface area contributed by atoms with Crippen molar-refractivity contribution >= 4 is 22.8 Å². The number of halogens is 3. The molecule has 2 aliphatic rings. The SMILES string of the molecule is Cc1cc(C)c2cc(C(=O)NC3CCC(N4CCNCC4)CC3)[nH]c2c1.O=C(O)C(F)(F)F. The number of alkyl halides is 3. The minimum Gasteiger partial charge on any atom is -0.475 e.